The lowest BCUT2D eigenvalue weighted by molar-refractivity contribution is 0.345. The number of H-pyrrole nitrogens is 1. The maximum absolute atomic E-state index is 4.86. The second kappa shape index (κ2) is 8.33. The molecule has 2 aromatic rings. The maximum Gasteiger partial charge on any atom is 0.138 e. The molecular formula is C23H32N2. The van der Waals surface area contributed by atoms with Gasteiger partial charge in [-0.05, 0) is 43.8 Å². The van der Waals surface area contributed by atoms with Crippen molar-refractivity contribution >= 4 is 6.08 Å². The van der Waals surface area contributed by atoms with Crippen LogP contribution in [0.1, 0.15) is 64.8 Å². The molecule has 25 heavy (non-hydrogen) atoms. The van der Waals surface area contributed by atoms with Gasteiger partial charge in [0.1, 0.15) is 5.82 Å². The predicted molar refractivity (Wildman–Crippen MR) is 109 cm³/mol. The van der Waals surface area contributed by atoms with E-state index in [-0.39, 0.29) is 5.41 Å². The second-order valence-corrected chi connectivity index (χ2v) is 7.32. The summed E-state index contributed by atoms with van der Waals surface area (Å²) in [5.41, 5.74) is 5.87. The average Bonchev–Trinajstić information content (AvgIpc) is 2.99. The summed E-state index contributed by atoms with van der Waals surface area (Å²) in [4.78, 5) is 8.29. The Bertz CT molecular complexity index is 737. The molecule has 1 heterocycles. The van der Waals surface area contributed by atoms with Crippen LogP contribution in [-0.4, -0.2) is 9.97 Å². The Kier molecular flexibility index (Phi) is 6.41. The zero-order valence-electron chi connectivity index (χ0n) is 16.4. The molecule has 134 valence electrons. The van der Waals surface area contributed by atoms with Crippen molar-refractivity contribution in [3.8, 4) is 11.4 Å². The van der Waals surface area contributed by atoms with Gasteiger partial charge in [0, 0.05) is 11.3 Å². The Morgan fingerprint density at radius 2 is 1.92 bits per heavy atom. The van der Waals surface area contributed by atoms with Gasteiger partial charge >= 0.3 is 0 Å². The number of nitrogens with zero attached hydrogens (tertiary/aromatic N) is 1. The van der Waals surface area contributed by atoms with Gasteiger partial charge < -0.3 is 4.98 Å². The summed E-state index contributed by atoms with van der Waals surface area (Å²) in [7, 11) is 0. The minimum Gasteiger partial charge on any atom is -0.342 e. The molecule has 0 fully saturated rings. The first-order valence-corrected chi connectivity index (χ1v) is 9.41. The lowest BCUT2D eigenvalue weighted by Crippen LogP contribution is -2.19. The van der Waals surface area contributed by atoms with Crippen LogP contribution in [0.3, 0.4) is 0 Å². The molecule has 0 aliphatic rings. The fourth-order valence-corrected chi connectivity index (χ4v) is 3.37. The highest BCUT2D eigenvalue weighted by Crippen LogP contribution is 2.41. The number of nitrogens with one attached hydrogen (secondary N) is 1. The maximum atomic E-state index is 4.86. The number of hydrogen-bond donors (Lipinski definition) is 1. The first-order valence-electron chi connectivity index (χ1n) is 9.41. The predicted octanol–water partition coefficient (Wildman–Crippen LogP) is 6.95. The Morgan fingerprint density at radius 3 is 2.48 bits per heavy atom. The largest absolute Gasteiger partial charge is 0.342 e. The van der Waals surface area contributed by atoms with E-state index in [0.29, 0.717) is 0 Å². The molecule has 1 aromatic heterocycles. The molecule has 0 aliphatic heterocycles. The number of benzene rings is 1. The summed E-state index contributed by atoms with van der Waals surface area (Å²) in [5.74, 6) is 0.928. The van der Waals surface area contributed by atoms with E-state index in [4.69, 9.17) is 4.98 Å². The standard InChI is InChI=1S/C23H32N2/c1-7-9-15-23(6,8-2)20(17(3)4)16-21-18(5)24-22(25-21)19-13-11-10-12-14-19/h10-14,16H,3,7-9,15H2,1-2,4-6H3,(H,24,25)/b20-16+. The van der Waals surface area contributed by atoms with E-state index < -0.39 is 0 Å². The Hall–Kier alpha value is -2.09. The van der Waals surface area contributed by atoms with Crippen LogP contribution in [0.25, 0.3) is 17.5 Å². The highest BCUT2D eigenvalue weighted by atomic mass is 14.9. The highest BCUT2D eigenvalue weighted by molar-refractivity contribution is 5.63. The van der Waals surface area contributed by atoms with Crippen LogP contribution >= 0.6 is 0 Å². The summed E-state index contributed by atoms with van der Waals surface area (Å²) in [6.45, 7) is 15.4. The van der Waals surface area contributed by atoms with E-state index in [0.717, 1.165) is 34.8 Å². The van der Waals surface area contributed by atoms with Gasteiger partial charge in [-0.25, -0.2) is 4.98 Å². The molecule has 2 rings (SSSR count). The molecule has 0 aliphatic carbocycles. The number of allylic oxidation sites excluding steroid dienone is 2. The molecule has 1 aromatic carbocycles. The van der Waals surface area contributed by atoms with E-state index >= 15 is 0 Å². The molecule has 0 amide bonds. The van der Waals surface area contributed by atoms with Crippen LogP contribution in [0.15, 0.2) is 48.1 Å². The third kappa shape index (κ3) is 4.50. The van der Waals surface area contributed by atoms with Crippen molar-refractivity contribution < 1.29 is 0 Å². The zero-order chi connectivity index (χ0) is 18.4. The van der Waals surface area contributed by atoms with Crippen molar-refractivity contribution in [3.05, 3.63) is 59.4 Å². The lowest BCUT2D eigenvalue weighted by Gasteiger charge is -2.32. The molecule has 2 nitrogen and oxygen atoms in total. The first kappa shape index (κ1) is 19.2. The summed E-state index contributed by atoms with van der Waals surface area (Å²) in [6.07, 6.45) is 7.01. The summed E-state index contributed by atoms with van der Waals surface area (Å²) in [6, 6.07) is 10.3. The van der Waals surface area contributed by atoms with E-state index in [2.05, 4.69) is 64.4 Å². The molecule has 0 bridgehead atoms. The fourth-order valence-electron chi connectivity index (χ4n) is 3.37. The SMILES string of the molecule is C=C(C)/C(=C\c1nc(-c2ccccc2)[nH]c1C)C(C)(CC)CCCC. The van der Waals surface area contributed by atoms with Crippen LogP contribution in [0.2, 0.25) is 0 Å². The van der Waals surface area contributed by atoms with Crippen molar-refractivity contribution in [1.82, 2.24) is 9.97 Å². The molecule has 0 saturated heterocycles. The van der Waals surface area contributed by atoms with Crippen LogP contribution in [0, 0.1) is 12.3 Å². The van der Waals surface area contributed by atoms with Crippen LogP contribution in [-0.2, 0) is 0 Å². The number of hydrogen-bond acceptors (Lipinski definition) is 1. The van der Waals surface area contributed by atoms with Gasteiger partial charge in [-0.1, -0.05) is 76.1 Å². The third-order valence-electron chi connectivity index (χ3n) is 5.22. The molecule has 0 spiro atoms. The summed E-state index contributed by atoms with van der Waals surface area (Å²) < 4.78 is 0. The Labute approximate surface area is 153 Å². The number of aromatic nitrogens is 2. The average molecular weight is 337 g/mol. The topological polar surface area (TPSA) is 28.7 Å². The molecule has 0 radical (unpaired) electrons. The molecule has 1 unspecified atom stereocenters. The van der Waals surface area contributed by atoms with Crippen molar-refractivity contribution in [1.29, 1.82) is 0 Å². The van der Waals surface area contributed by atoms with Gasteiger partial charge in [0.25, 0.3) is 0 Å². The number of rotatable bonds is 8. The van der Waals surface area contributed by atoms with Gasteiger partial charge in [0.05, 0.1) is 5.69 Å². The molecule has 0 saturated carbocycles. The second-order valence-electron chi connectivity index (χ2n) is 7.32. The normalized spacial score (nSPS) is 14.4. The monoisotopic (exact) mass is 336 g/mol. The van der Waals surface area contributed by atoms with Crippen molar-refractivity contribution in [2.24, 2.45) is 5.41 Å². The van der Waals surface area contributed by atoms with Crippen LogP contribution in [0.4, 0.5) is 0 Å². The third-order valence-corrected chi connectivity index (χ3v) is 5.22. The first-order chi connectivity index (χ1) is 11.9. The Morgan fingerprint density at radius 1 is 1.24 bits per heavy atom. The van der Waals surface area contributed by atoms with Gasteiger partial charge in [0.15, 0.2) is 0 Å². The van der Waals surface area contributed by atoms with Crippen LogP contribution in [0.5, 0.6) is 0 Å². The van der Waals surface area contributed by atoms with Gasteiger partial charge in [-0.2, -0.15) is 0 Å². The highest BCUT2D eigenvalue weighted by Gasteiger charge is 2.27. The molecule has 2 heteroatoms. The van der Waals surface area contributed by atoms with E-state index in [1.807, 2.05) is 18.2 Å². The molecule has 1 atom stereocenters. The smallest absolute Gasteiger partial charge is 0.138 e. The van der Waals surface area contributed by atoms with Crippen molar-refractivity contribution in [2.45, 2.75) is 60.3 Å². The van der Waals surface area contributed by atoms with Gasteiger partial charge in [0.2, 0.25) is 0 Å². The van der Waals surface area contributed by atoms with Gasteiger partial charge in [-0.3, -0.25) is 0 Å². The number of imidazole rings is 1. The van der Waals surface area contributed by atoms with E-state index in [1.54, 1.807) is 0 Å². The quantitative estimate of drug-likeness (QED) is 0.519. The minimum absolute atomic E-state index is 0.153. The summed E-state index contributed by atoms with van der Waals surface area (Å²) >= 11 is 0. The van der Waals surface area contributed by atoms with Crippen molar-refractivity contribution in [3.63, 3.8) is 0 Å². The van der Waals surface area contributed by atoms with Crippen molar-refractivity contribution in [2.75, 3.05) is 0 Å². The molecular weight excluding hydrogens is 304 g/mol. The van der Waals surface area contributed by atoms with E-state index in [1.165, 1.54) is 24.8 Å². The van der Waals surface area contributed by atoms with E-state index in [9.17, 15) is 0 Å². The molecule has 1 N–H and O–H groups in total. The number of unbranched alkanes of at least 4 members (excludes halogenated alkanes) is 1. The lowest BCUT2D eigenvalue weighted by atomic mass is 9.73. The van der Waals surface area contributed by atoms with Gasteiger partial charge in [-0.15, -0.1) is 0 Å². The number of aromatic amines is 1. The summed E-state index contributed by atoms with van der Waals surface area (Å²) in [5, 5.41) is 0. The fraction of sp³-hybridized carbons (Fsp3) is 0.435. The Balaban J connectivity index is 2.44. The van der Waals surface area contributed by atoms with Crippen LogP contribution < -0.4 is 0 Å². The zero-order valence-corrected chi connectivity index (χ0v) is 16.4. The number of aryl methyl sites for hydroxylation is 1. The minimum atomic E-state index is 0.153.